The highest BCUT2D eigenvalue weighted by molar-refractivity contribution is 5.92. The number of carbonyl (C=O) groups is 1. The van der Waals surface area contributed by atoms with E-state index in [1.165, 1.54) is 0 Å². The van der Waals surface area contributed by atoms with Crippen LogP contribution in [0.2, 0.25) is 0 Å². The molecule has 0 radical (unpaired) electrons. The summed E-state index contributed by atoms with van der Waals surface area (Å²) in [6.07, 6.45) is 1.71. The third-order valence-electron chi connectivity index (χ3n) is 3.09. The topological polar surface area (TPSA) is 63.4 Å². The first-order valence-electron chi connectivity index (χ1n) is 6.32. The van der Waals surface area contributed by atoms with Gasteiger partial charge in [0.25, 0.3) is 5.91 Å². The number of rotatable bonds is 5. The zero-order valence-corrected chi connectivity index (χ0v) is 11.8. The van der Waals surface area contributed by atoms with Crippen LogP contribution in [-0.4, -0.2) is 25.1 Å². The Hall–Kier alpha value is -2.43. The summed E-state index contributed by atoms with van der Waals surface area (Å²) < 4.78 is 10.5. The SMILES string of the molecule is COc1ccc(OC)c(C(C)NC(=O)c2ccc[nH]2)c1. The molecule has 0 aliphatic heterocycles. The van der Waals surface area contributed by atoms with Gasteiger partial charge in [-0.2, -0.15) is 0 Å². The lowest BCUT2D eigenvalue weighted by molar-refractivity contribution is 0.0935. The second-order valence-corrected chi connectivity index (χ2v) is 4.39. The third-order valence-corrected chi connectivity index (χ3v) is 3.09. The summed E-state index contributed by atoms with van der Waals surface area (Å²) in [5.74, 6) is 1.28. The zero-order valence-electron chi connectivity index (χ0n) is 11.8. The number of methoxy groups -OCH3 is 2. The van der Waals surface area contributed by atoms with Gasteiger partial charge in [-0.3, -0.25) is 4.79 Å². The lowest BCUT2D eigenvalue weighted by atomic mass is 10.1. The number of nitrogens with one attached hydrogen (secondary N) is 2. The van der Waals surface area contributed by atoms with Crippen molar-refractivity contribution in [3.63, 3.8) is 0 Å². The Morgan fingerprint density at radius 1 is 1.25 bits per heavy atom. The minimum atomic E-state index is -0.198. The molecule has 0 fully saturated rings. The average Bonchev–Trinajstić information content (AvgIpc) is 3.00. The first kappa shape index (κ1) is 14.0. The molecule has 2 N–H and O–H groups in total. The van der Waals surface area contributed by atoms with Crippen molar-refractivity contribution >= 4 is 5.91 Å². The van der Waals surface area contributed by atoms with E-state index in [9.17, 15) is 4.79 Å². The van der Waals surface area contributed by atoms with Crippen LogP contribution in [0.5, 0.6) is 11.5 Å². The largest absolute Gasteiger partial charge is 0.497 e. The van der Waals surface area contributed by atoms with Gasteiger partial charge < -0.3 is 19.8 Å². The van der Waals surface area contributed by atoms with E-state index < -0.39 is 0 Å². The Morgan fingerprint density at radius 3 is 2.65 bits per heavy atom. The molecule has 1 amide bonds. The Balaban J connectivity index is 2.19. The Labute approximate surface area is 117 Å². The first-order valence-corrected chi connectivity index (χ1v) is 6.32. The molecular formula is C15H18N2O3. The van der Waals surface area contributed by atoms with Crippen molar-refractivity contribution in [1.82, 2.24) is 10.3 Å². The van der Waals surface area contributed by atoms with Gasteiger partial charge >= 0.3 is 0 Å². The lowest BCUT2D eigenvalue weighted by Crippen LogP contribution is -2.27. The number of H-pyrrole nitrogens is 1. The Kier molecular flexibility index (Phi) is 4.30. The summed E-state index contributed by atoms with van der Waals surface area (Å²) in [4.78, 5) is 14.9. The van der Waals surface area contributed by atoms with Gasteiger partial charge in [-0.05, 0) is 37.3 Å². The lowest BCUT2D eigenvalue weighted by Gasteiger charge is -2.18. The molecule has 1 unspecified atom stereocenters. The van der Waals surface area contributed by atoms with Crippen LogP contribution in [0.15, 0.2) is 36.5 Å². The predicted octanol–water partition coefficient (Wildman–Crippen LogP) is 2.52. The predicted molar refractivity (Wildman–Crippen MR) is 76.2 cm³/mol. The normalized spacial score (nSPS) is 11.8. The maximum absolute atomic E-state index is 12.0. The van der Waals surface area contributed by atoms with E-state index in [0.717, 1.165) is 11.3 Å². The molecule has 1 aromatic carbocycles. The summed E-state index contributed by atoms with van der Waals surface area (Å²) >= 11 is 0. The van der Waals surface area contributed by atoms with Crippen LogP contribution in [0, 0.1) is 0 Å². The molecule has 20 heavy (non-hydrogen) atoms. The first-order chi connectivity index (χ1) is 9.65. The maximum atomic E-state index is 12.0. The number of aromatic nitrogens is 1. The number of carbonyl (C=O) groups excluding carboxylic acids is 1. The number of hydrogen-bond acceptors (Lipinski definition) is 3. The van der Waals surface area contributed by atoms with E-state index in [4.69, 9.17) is 9.47 Å². The van der Waals surface area contributed by atoms with Crippen molar-refractivity contribution in [2.45, 2.75) is 13.0 Å². The third kappa shape index (κ3) is 2.93. The molecule has 106 valence electrons. The summed E-state index contributed by atoms with van der Waals surface area (Å²) in [5.41, 5.74) is 1.39. The van der Waals surface area contributed by atoms with E-state index in [1.807, 2.05) is 25.1 Å². The molecule has 0 aliphatic carbocycles. The smallest absolute Gasteiger partial charge is 0.268 e. The van der Waals surface area contributed by atoms with Crippen molar-refractivity contribution in [1.29, 1.82) is 0 Å². The van der Waals surface area contributed by atoms with Gasteiger partial charge in [0.05, 0.1) is 20.3 Å². The molecule has 5 nitrogen and oxygen atoms in total. The molecule has 5 heteroatoms. The van der Waals surface area contributed by atoms with Crippen molar-refractivity contribution in [2.24, 2.45) is 0 Å². The fourth-order valence-electron chi connectivity index (χ4n) is 2.00. The molecule has 1 atom stereocenters. The average molecular weight is 274 g/mol. The second-order valence-electron chi connectivity index (χ2n) is 4.39. The molecule has 1 aromatic heterocycles. The van der Waals surface area contributed by atoms with Crippen LogP contribution in [-0.2, 0) is 0 Å². The molecule has 2 aromatic rings. The molecule has 2 rings (SSSR count). The van der Waals surface area contributed by atoms with E-state index in [0.29, 0.717) is 11.4 Å². The van der Waals surface area contributed by atoms with Gasteiger partial charge in [-0.15, -0.1) is 0 Å². The molecular weight excluding hydrogens is 256 g/mol. The zero-order chi connectivity index (χ0) is 14.5. The fourth-order valence-corrected chi connectivity index (χ4v) is 2.00. The van der Waals surface area contributed by atoms with Crippen LogP contribution in [0.3, 0.4) is 0 Å². The van der Waals surface area contributed by atoms with E-state index in [-0.39, 0.29) is 11.9 Å². The summed E-state index contributed by atoms with van der Waals surface area (Å²) in [7, 11) is 3.21. The monoisotopic (exact) mass is 274 g/mol. The molecule has 0 saturated heterocycles. The maximum Gasteiger partial charge on any atom is 0.268 e. The number of hydrogen-bond donors (Lipinski definition) is 2. The van der Waals surface area contributed by atoms with E-state index in [1.54, 1.807) is 32.5 Å². The van der Waals surface area contributed by atoms with Gasteiger partial charge in [0, 0.05) is 11.8 Å². The van der Waals surface area contributed by atoms with Crippen LogP contribution in [0.25, 0.3) is 0 Å². The standard InChI is InChI=1S/C15H18N2O3/c1-10(17-15(18)13-5-4-8-16-13)12-9-11(19-2)6-7-14(12)20-3/h4-10,16H,1-3H3,(H,17,18). The van der Waals surface area contributed by atoms with Crippen LogP contribution < -0.4 is 14.8 Å². The number of benzene rings is 1. The van der Waals surface area contributed by atoms with Crippen LogP contribution in [0.4, 0.5) is 0 Å². The Morgan fingerprint density at radius 2 is 2.05 bits per heavy atom. The number of amides is 1. The quantitative estimate of drug-likeness (QED) is 0.880. The van der Waals surface area contributed by atoms with Crippen molar-refractivity contribution in [2.75, 3.05) is 14.2 Å². The molecule has 0 bridgehead atoms. The Bertz CT molecular complexity index is 579. The number of aromatic amines is 1. The molecule has 0 aliphatic rings. The summed E-state index contributed by atoms with van der Waals surface area (Å²) in [5, 5.41) is 2.92. The van der Waals surface area contributed by atoms with E-state index in [2.05, 4.69) is 10.3 Å². The fraction of sp³-hybridized carbons (Fsp3) is 0.267. The summed E-state index contributed by atoms with van der Waals surface area (Å²) in [6, 6.07) is 8.82. The second kappa shape index (κ2) is 6.14. The van der Waals surface area contributed by atoms with Gasteiger partial charge in [-0.1, -0.05) is 0 Å². The highest BCUT2D eigenvalue weighted by Crippen LogP contribution is 2.29. The summed E-state index contributed by atoms with van der Waals surface area (Å²) in [6.45, 7) is 1.90. The van der Waals surface area contributed by atoms with Crippen molar-refractivity contribution in [3.05, 3.63) is 47.8 Å². The molecule has 1 heterocycles. The molecule has 0 saturated carbocycles. The molecule has 0 spiro atoms. The number of ether oxygens (including phenoxy) is 2. The van der Waals surface area contributed by atoms with Crippen LogP contribution in [0.1, 0.15) is 29.0 Å². The van der Waals surface area contributed by atoms with Gasteiger partial charge in [0.1, 0.15) is 17.2 Å². The minimum absolute atomic E-state index is 0.160. The van der Waals surface area contributed by atoms with Gasteiger partial charge in [-0.25, -0.2) is 0 Å². The highest BCUT2D eigenvalue weighted by atomic mass is 16.5. The highest BCUT2D eigenvalue weighted by Gasteiger charge is 2.16. The van der Waals surface area contributed by atoms with Gasteiger partial charge in [0.2, 0.25) is 0 Å². The van der Waals surface area contributed by atoms with Crippen molar-refractivity contribution in [3.8, 4) is 11.5 Å². The van der Waals surface area contributed by atoms with Crippen LogP contribution >= 0.6 is 0 Å². The minimum Gasteiger partial charge on any atom is -0.497 e. The van der Waals surface area contributed by atoms with Gasteiger partial charge in [0.15, 0.2) is 0 Å². The van der Waals surface area contributed by atoms with E-state index >= 15 is 0 Å². The van der Waals surface area contributed by atoms with Crippen molar-refractivity contribution < 1.29 is 14.3 Å².